The van der Waals surface area contributed by atoms with E-state index in [1.165, 1.54) is 0 Å². The first-order valence-corrected chi connectivity index (χ1v) is 2.05. The van der Waals surface area contributed by atoms with E-state index in [2.05, 4.69) is 17.1 Å². The van der Waals surface area contributed by atoms with Crippen molar-refractivity contribution in [3.63, 3.8) is 0 Å². The maximum Gasteiger partial charge on any atom is 0.119 e. The fourth-order valence-electron chi connectivity index (χ4n) is 0.338. The zero-order valence-electron chi connectivity index (χ0n) is 3.91. The quantitative estimate of drug-likeness (QED) is 0.497. The molecule has 0 aromatic carbocycles. The van der Waals surface area contributed by atoms with Gasteiger partial charge in [-0.3, -0.25) is 0 Å². The minimum Gasteiger partial charge on any atom is -0.320 e. The molecule has 0 bridgehead atoms. The van der Waals surface area contributed by atoms with E-state index < -0.39 is 0 Å². The van der Waals surface area contributed by atoms with Gasteiger partial charge in [0.25, 0.3) is 0 Å². The van der Waals surface area contributed by atoms with Crippen molar-refractivity contribution in [2.45, 2.75) is 6.54 Å². The second-order valence-corrected chi connectivity index (χ2v) is 1.20. The van der Waals surface area contributed by atoms with Gasteiger partial charge >= 0.3 is 0 Å². The first kappa shape index (κ1) is 4.30. The highest BCUT2D eigenvalue weighted by Crippen LogP contribution is 1.76. The lowest BCUT2D eigenvalue weighted by Crippen LogP contribution is -1.86. The number of aromatic nitrogens is 3. The fraction of sp³-hybridized carbons (Fsp3) is 0.250. The summed E-state index contributed by atoms with van der Waals surface area (Å²) in [6, 6.07) is 0. The molecule has 0 saturated heterocycles. The van der Waals surface area contributed by atoms with Crippen LogP contribution < -0.4 is 0 Å². The van der Waals surface area contributed by atoms with E-state index in [-0.39, 0.29) is 0 Å². The van der Waals surface area contributed by atoms with Crippen LogP contribution >= 0.6 is 0 Å². The zero-order chi connectivity index (χ0) is 5.11. The number of hydrogen-bond donors (Lipinski definition) is 0. The van der Waals surface area contributed by atoms with Gasteiger partial charge in [-0.2, -0.15) is 0 Å². The summed E-state index contributed by atoms with van der Waals surface area (Å²) >= 11 is 0. The SMILES string of the molecule is [CH2]Cn1cnnc1. The van der Waals surface area contributed by atoms with E-state index in [0.29, 0.717) is 6.54 Å². The maximum absolute atomic E-state index is 3.61. The minimum absolute atomic E-state index is 0.701. The van der Waals surface area contributed by atoms with E-state index >= 15 is 0 Å². The Morgan fingerprint density at radius 3 is 2.29 bits per heavy atom. The minimum atomic E-state index is 0.701. The standard InChI is InChI=1S/C4H6N3/c1-2-7-3-5-6-4-7/h3-4H,1-2H2. The van der Waals surface area contributed by atoms with Crippen LogP contribution in [0.5, 0.6) is 0 Å². The molecule has 0 saturated carbocycles. The molecular weight excluding hydrogens is 90.1 g/mol. The van der Waals surface area contributed by atoms with Gasteiger partial charge in [-0.25, -0.2) is 0 Å². The molecule has 1 aromatic rings. The van der Waals surface area contributed by atoms with Gasteiger partial charge in [0.05, 0.1) is 0 Å². The Labute approximate surface area is 42.0 Å². The van der Waals surface area contributed by atoms with Crippen LogP contribution in [0.15, 0.2) is 12.7 Å². The number of rotatable bonds is 1. The highest BCUT2D eigenvalue weighted by Gasteiger charge is 1.78. The predicted molar refractivity (Wildman–Crippen MR) is 25.4 cm³/mol. The summed E-state index contributed by atoms with van der Waals surface area (Å²) in [4.78, 5) is 0. The van der Waals surface area contributed by atoms with Crippen molar-refractivity contribution < 1.29 is 0 Å². The van der Waals surface area contributed by atoms with Crippen molar-refractivity contribution >= 4 is 0 Å². The summed E-state index contributed by atoms with van der Waals surface area (Å²) in [7, 11) is 0. The van der Waals surface area contributed by atoms with E-state index in [1.54, 1.807) is 17.2 Å². The molecule has 7 heavy (non-hydrogen) atoms. The average Bonchev–Trinajstić information content (AvgIpc) is 2.14. The number of nitrogens with zero attached hydrogens (tertiary/aromatic N) is 3. The Morgan fingerprint density at radius 1 is 1.43 bits per heavy atom. The molecule has 0 unspecified atom stereocenters. The van der Waals surface area contributed by atoms with Crippen molar-refractivity contribution in [2.24, 2.45) is 0 Å². The second-order valence-electron chi connectivity index (χ2n) is 1.20. The van der Waals surface area contributed by atoms with Gasteiger partial charge in [0.1, 0.15) is 12.7 Å². The van der Waals surface area contributed by atoms with E-state index in [1.807, 2.05) is 0 Å². The van der Waals surface area contributed by atoms with Gasteiger partial charge < -0.3 is 4.57 Å². The smallest absolute Gasteiger partial charge is 0.119 e. The van der Waals surface area contributed by atoms with Crippen LogP contribution in [0.2, 0.25) is 0 Å². The maximum atomic E-state index is 3.61. The van der Waals surface area contributed by atoms with Crippen LogP contribution in [0.4, 0.5) is 0 Å². The normalized spacial score (nSPS) is 9.29. The van der Waals surface area contributed by atoms with E-state index in [9.17, 15) is 0 Å². The van der Waals surface area contributed by atoms with Gasteiger partial charge in [0.15, 0.2) is 0 Å². The molecule has 1 heterocycles. The van der Waals surface area contributed by atoms with Gasteiger partial charge in [0.2, 0.25) is 0 Å². The van der Waals surface area contributed by atoms with E-state index in [0.717, 1.165) is 0 Å². The summed E-state index contributed by atoms with van der Waals surface area (Å²) in [5.74, 6) is 0. The second kappa shape index (κ2) is 1.73. The zero-order valence-corrected chi connectivity index (χ0v) is 3.91. The third-order valence-electron chi connectivity index (χ3n) is 0.725. The Hall–Kier alpha value is -0.860. The molecule has 1 radical (unpaired) electrons. The van der Waals surface area contributed by atoms with Crippen LogP contribution in [0, 0.1) is 6.92 Å². The molecule has 0 N–H and O–H groups in total. The molecule has 0 amide bonds. The lowest BCUT2D eigenvalue weighted by atomic mass is 10.7. The Kier molecular flexibility index (Phi) is 1.06. The Morgan fingerprint density at radius 2 is 2.00 bits per heavy atom. The summed E-state index contributed by atoms with van der Waals surface area (Å²) in [5.41, 5.74) is 0. The Balaban J connectivity index is 2.76. The van der Waals surface area contributed by atoms with Crippen LogP contribution in [-0.2, 0) is 6.54 Å². The monoisotopic (exact) mass is 96.1 g/mol. The first-order valence-electron chi connectivity index (χ1n) is 2.05. The molecule has 0 aliphatic carbocycles. The van der Waals surface area contributed by atoms with Crippen LogP contribution in [-0.4, -0.2) is 14.8 Å². The lowest BCUT2D eigenvalue weighted by Gasteiger charge is -1.85. The molecule has 0 spiro atoms. The van der Waals surface area contributed by atoms with Gasteiger partial charge in [-0.05, 0) is 6.92 Å². The largest absolute Gasteiger partial charge is 0.320 e. The molecule has 0 atom stereocenters. The van der Waals surface area contributed by atoms with Crippen LogP contribution in [0.3, 0.4) is 0 Å². The van der Waals surface area contributed by atoms with Gasteiger partial charge in [-0.15, -0.1) is 10.2 Å². The van der Waals surface area contributed by atoms with Crippen molar-refractivity contribution in [2.75, 3.05) is 0 Å². The third kappa shape index (κ3) is 0.765. The molecule has 0 fully saturated rings. The molecule has 37 valence electrons. The van der Waals surface area contributed by atoms with Crippen molar-refractivity contribution in [3.05, 3.63) is 19.6 Å². The molecular formula is C4H6N3. The summed E-state index contributed by atoms with van der Waals surface area (Å²) < 4.78 is 1.79. The van der Waals surface area contributed by atoms with Gasteiger partial charge in [0, 0.05) is 6.54 Å². The predicted octanol–water partition coefficient (Wildman–Crippen LogP) is 0.112. The highest BCUT2D eigenvalue weighted by atomic mass is 15.2. The first-order chi connectivity index (χ1) is 3.43. The third-order valence-corrected chi connectivity index (χ3v) is 0.725. The number of hydrogen-bond acceptors (Lipinski definition) is 2. The summed E-state index contributed by atoms with van der Waals surface area (Å²) in [6.07, 6.45) is 3.26. The molecule has 1 rings (SSSR count). The highest BCUT2D eigenvalue weighted by molar-refractivity contribution is 4.59. The van der Waals surface area contributed by atoms with Crippen molar-refractivity contribution in [1.82, 2.24) is 14.8 Å². The van der Waals surface area contributed by atoms with Gasteiger partial charge in [-0.1, -0.05) is 0 Å². The summed E-state index contributed by atoms with van der Waals surface area (Å²) in [5, 5.41) is 7.13. The van der Waals surface area contributed by atoms with Crippen molar-refractivity contribution in [3.8, 4) is 0 Å². The molecule has 0 aliphatic heterocycles. The van der Waals surface area contributed by atoms with E-state index in [4.69, 9.17) is 0 Å². The fourth-order valence-corrected chi connectivity index (χ4v) is 0.338. The summed E-state index contributed by atoms with van der Waals surface area (Å²) in [6.45, 7) is 4.31. The molecule has 3 nitrogen and oxygen atoms in total. The van der Waals surface area contributed by atoms with Crippen LogP contribution in [0.1, 0.15) is 0 Å². The molecule has 1 aromatic heterocycles. The van der Waals surface area contributed by atoms with Crippen molar-refractivity contribution in [1.29, 1.82) is 0 Å². The Bertz CT molecular complexity index is 121. The molecule has 3 heteroatoms. The lowest BCUT2D eigenvalue weighted by molar-refractivity contribution is 0.814. The average molecular weight is 96.1 g/mol. The topological polar surface area (TPSA) is 30.7 Å². The molecule has 0 aliphatic rings. The van der Waals surface area contributed by atoms with Crippen LogP contribution in [0.25, 0.3) is 0 Å².